The number of rotatable bonds is 4. The predicted molar refractivity (Wildman–Crippen MR) is 82.8 cm³/mol. The number of carbonyl (C=O) groups is 2. The molecule has 3 heterocycles. The molecular formula is C18H24O6. The van der Waals surface area contributed by atoms with Crippen LogP contribution in [0.25, 0.3) is 0 Å². The lowest BCUT2D eigenvalue weighted by Crippen LogP contribution is -2.70. The second-order valence-corrected chi connectivity index (χ2v) is 7.56. The van der Waals surface area contributed by atoms with Gasteiger partial charge in [-0.05, 0) is 25.2 Å². The fraction of sp³-hybridized carbons (Fsp3) is 0.778. The Bertz CT molecular complexity index is 582. The molecule has 2 bridgehead atoms. The number of allylic oxidation sites excluding steroid dienone is 1. The van der Waals surface area contributed by atoms with E-state index in [1.807, 2.05) is 6.08 Å². The summed E-state index contributed by atoms with van der Waals surface area (Å²) < 4.78 is 23.6. The van der Waals surface area contributed by atoms with E-state index in [0.29, 0.717) is 18.8 Å². The van der Waals surface area contributed by atoms with Gasteiger partial charge in [0.2, 0.25) is 6.29 Å². The van der Waals surface area contributed by atoms with Crippen LogP contribution < -0.4 is 0 Å². The molecule has 0 radical (unpaired) electrons. The van der Waals surface area contributed by atoms with Crippen molar-refractivity contribution in [1.29, 1.82) is 0 Å². The van der Waals surface area contributed by atoms with Gasteiger partial charge in [0.1, 0.15) is 5.60 Å². The Morgan fingerprint density at radius 3 is 2.62 bits per heavy atom. The van der Waals surface area contributed by atoms with E-state index >= 15 is 0 Å². The van der Waals surface area contributed by atoms with Crippen molar-refractivity contribution in [3.63, 3.8) is 0 Å². The minimum Gasteiger partial charge on any atom is -0.456 e. The molecule has 5 fully saturated rings. The number of esters is 2. The standard InChI is InChI=1S/C18H24O6/c1-4-5-12-8-17(23-11(3)20)9-16(21-10(2)19)24-18(17)14(12)6-13-7-15(18)22-13/h4,12-16H,1,5-9H2,2-3H3/t12-,13-,14-,15?,16-,17+,18+/m1/s1. The molecule has 3 saturated heterocycles. The van der Waals surface area contributed by atoms with Crippen LogP contribution in [-0.4, -0.2) is 41.6 Å². The molecule has 0 aromatic rings. The molecule has 0 amide bonds. The predicted octanol–water partition coefficient (Wildman–Crippen LogP) is 2.11. The summed E-state index contributed by atoms with van der Waals surface area (Å²) in [5.41, 5.74) is -1.49. The second kappa shape index (κ2) is 5.30. The van der Waals surface area contributed by atoms with Gasteiger partial charge < -0.3 is 18.9 Å². The van der Waals surface area contributed by atoms with E-state index in [1.165, 1.54) is 13.8 Å². The summed E-state index contributed by atoms with van der Waals surface area (Å²) in [4.78, 5) is 23.3. The minimum absolute atomic E-state index is 0.101. The van der Waals surface area contributed by atoms with Crippen LogP contribution >= 0.6 is 0 Å². The second-order valence-electron chi connectivity index (χ2n) is 7.56. The van der Waals surface area contributed by atoms with Gasteiger partial charge in [0, 0.05) is 26.2 Å². The maximum atomic E-state index is 11.9. The Morgan fingerprint density at radius 2 is 2.00 bits per heavy atom. The van der Waals surface area contributed by atoms with Gasteiger partial charge in [-0.15, -0.1) is 6.58 Å². The van der Waals surface area contributed by atoms with Gasteiger partial charge in [0.25, 0.3) is 0 Å². The van der Waals surface area contributed by atoms with E-state index in [2.05, 4.69) is 6.58 Å². The smallest absolute Gasteiger partial charge is 0.304 e. The van der Waals surface area contributed by atoms with E-state index in [-0.39, 0.29) is 24.1 Å². The molecule has 5 rings (SSSR count). The molecule has 6 nitrogen and oxygen atoms in total. The lowest BCUT2D eigenvalue weighted by molar-refractivity contribution is -0.322. The molecule has 5 aliphatic rings. The van der Waals surface area contributed by atoms with Crippen LogP contribution in [0.1, 0.15) is 46.0 Å². The molecule has 132 valence electrons. The summed E-state index contributed by atoms with van der Waals surface area (Å²) in [5, 5.41) is 0. The van der Waals surface area contributed by atoms with Gasteiger partial charge in [-0.2, -0.15) is 0 Å². The molecule has 0 aromatic carbocycles. The molecule has 3 aliphatic heterocycles. The summed E-state index contributed by atoms with van der Waals surface area (Å²) in [6, 6.07) is 0. The molecule has 7 atom stereocenters. The molecule has 0 aromatic heterocycles. The Kier molecular flexibility index (Phi) is 3.55. The highest BCUT2D eigenvalue weighted by atomic mass is 16.7. The third kappa shape index (κ3) is 2.02. The Balaban J connectivity index is 1.74. The van der Waals surface area contributed by atoms with Gasteiger partial charge in [0.15, 0.2) is 5.60 Å². The lowest BCUT2D eigenvalue weighted by Gasteiger charge is -2.58. The third-order valence-corrected chi connectivity index (χ3v) is 6.18. The van der Waals surface area contributed by atoms with E-state index in [4.69, 9.17) is 18.9 Å². The van der Waals surface area contributed by atoms with Crippen molar-refractivity contribution in [3.05, 3.63) is 12.7 Å². The lowest BCUT2D eigenvalue weighted by atomic mass is 9.64. The number of ether oxygens (including phenoxy) is 4. The maximum absolute atomic E-state index is 11.9. The van der Waals surface area contributed by atoms with E-state index in [9.17, 15) is 9.59 Å². The average molecular weight is 336 g/mol. The Hall–Kier alpha value is -1.40. The SMILES string of the molecule is C=CC[C@@H]1C[C@]2(OC(C)=O)C[C@H](OC(C)=O)O[C@@]23C2C[C@@H](C[C@H]13)O2. The number of carbonyl (C=O) groups excluding carboxylic acids is 2. The van der Waals surface area contributed by atoms with Crippen LogP contribution in [0.3, 0.4) is 0 Å². The summed E-state index contributed by atoms with van der Waals surface area (Å²) >= 11 is 0. The van der Waals surface area contributed by atoms with Gasteiger partial charge in [-0.3, -0.25) is 9.59 Å². The van der Waals surface area contributed by atoms with Crippen molar-refractivity contribution < 1.29 is 28.5 Å². The molecule has 1 spiro atoms. The van der Waals surface area contributed by atoms with Gasteiger partial charge in [-0.1, -0.05) is 6.08 Å². The maximum Gasteiger partial charge on any atom is 0.304 e. The number of hydrogen-bond donors (Lipinski definition) is 0. The van der Waals surface area contributed by atoms with Gasteiger partial charge in [-0.25, -0.2) is 0 Å². The third-order valence-electron chi connectivity index (χ3n) is 6.18. The van der Waals surface area contributed by atoms with Crippen molar-refractivity contribution in [2.45, 2.75) is 75.7 Å². The van der Waals surface area contributed by atoms with Gasteiger partial charge in [0.05, 0.1) is 18.6 Å². The molecule has 0 N–H and O–H groups in total. The Labute approximate surface area is 141 Å². The van der Waals surface area contributed by atoms with Crippen LogP contribution in [0.5, 0.6) is 0 Å². The molecule has 6 heteroatoms. The van der Waals surface area contributed by atoms with E-state index in [1.54, 1.807) is 0 Å². The summed E-state index contributed by atoms with van der Waals surface area (Å²) in [7, 11) is 0. The zero-order chi connectivity index (χ0) is 17.1. The quantitative estimate of drug-likeness (QED) is 0.578. The Morgan fingerprint density at radius 1 is 1.25 bits per heavy atom. The first kappa shape index (κ1) is 16.1. The fourth-order valence-electron chi connectivity index (χ4n) is 5.68. The number of hydrogen-bond acceptors (Lipinski definition) is 6. The zero-order valence-electron chi connectivity index (χ0n) is 14.2. The first-order valence-corrected chi connectivity index (χ1v) is 8.71. The van der Waals surface area contributed by atoms with Crippen molar-refractivity contribution in [2.75, 3.05) is 0 Å². The van der Waals surface area contributed by atoms with Crippen LogP contribution in [0, 0.1) is 11.8 Å². The van der Waals surface area contributed by atoms with Crippen molar-refractivity contribution in [2.24, 2.45) is 11.8 Å². The first-order valence-electron chi connectivity index (χ1n) is 8.71. The van der Waals surface area contributed by atoms with Crippen molar-refractivity contribution in [3.8, 4) is 0 Å². The molecule has 2 saturated carbocycles. The van der Waals surface area contributed by atoms with Crippen LogP contribution in [-0.2, 0) is 28.5 Å². The minimum atomic E-state index is -0.784. The highest BCUT2D eigenvalue weighted by Gasteiger charge is 2.79. The molecular weight excluding hydrogens is 312 g/mol. The first-order chi connectivity index (χ1) is 11.4. The van der Waals surface area contributed by atoms with Crippen LogP contribution in [0.2, 0.25) is 0 Å². The topological polar surface area (TPSA) is 71.1 Å². The van der Waals surface area contributed by atoms with Gasteiger partial charge >= 0.3 is 11.9 Å². The average Bonchev–Trinajstić information content (AvgIpc) is 2.82. The van der Waals surface area contributed by atoms with E-state index in [0.717, 1.165) is 19.3 Å². The normalized spacial score (nSPS) is 48.0. The zero-order valence-corrected chi connectivity index (χ0v) is 14.2. The largest absolute Gasteiger partial charge is 0.456 e. The van der Waals surface area contributed by atoms with Crippen LogP contribution in [0.15, 0.2) is 12.7 Å². The molecule has 24 heavy (non-hydrogen) atoms. The summed E-state index contributed by atoms with van der Waals surface area (Å²) in [5.74, 6) is -0.153. The van der Waals surface area contributed by atoms with E-state index < -0.39 is 23.5 Å². The summed E-state index contributed by atoms with van der Waals surface area (Å²) in [6.07, 6.45) is 5.14. The van der Waals surface area contributed by atoms with Crippen LogP contribution in [0.4, 0.5) is 0 Å². The highest BCUT2D eigenvalue weighted by Crippen LogP contribution is 2.67. The van der Waals surface area contributed by atoms with Crippen molar-refractivity contribution in [1.82, 2.24) is 0 Å². The highest BCUT2D eigenvalue weighted by molar-refractivity contribution is 5.67. The molecule has 1 unspecified atom stereocenters. The van der Waals surface area contributed by atoms with Crippen molar-refractivity contribution >= 4 is 11.9 Å². The molecule has 2 aliphatic carbocycles. The monoisotopic (exact) mass is 336 g/mol. The summed E-state index contributed by atoms with van der Waals surface area (Å²) in [6.45, 7) is 6.66. The fourth-order valence-corrected chi connectivity index (χ4v) is 5.68.